The van der Waals surface area contributed by atoms with E-state index >= 15 is 0 Å². The number of aliphatic hydroxyl groups excluding tert-OH is 1. The first-order valence-corrected chi connectivity index (χ1v) is 19.4. The Morgan fingerprint density at radius 2 is 1.40 bits per heavy atom. The van der Waals surface area contributed by atoms with Crippen LogP contribution in [0.5, 0.6) is 0 Å². The van der Waals surface area contributed by atoms with Crippen molar-refractivity contribution in [3.05, 3.63) is 88.7 Å². The van der Waals surface area contributed by atoms with Crippen LogP contribution >= 0.6 is 0 Å². The molecule has 0 bridgehead atoms. The van der Waals surface area contributed by atoms with Crippen molar-refractivity contribution in [2.45, 2.75) is 142 Å². The van der Waals surface area contributed by atoms with Gasteiger partial charge >= 0.3 is 0 Å². The van der Waals surface area contributed by atoms with E-state index in [1.54, 1.807) is 6.08 Å². The third-order valence-electron chi connectivity index (χ3n) is 11.5. The van der Waals surface area contributed by atoms with E-state index < -0.39 is 0 Å². The van der Waals surface area contributed by atoms with Crippen LogP contribution in [-0.4, -0.2) is 15.9 Å². The van der Waals surface area contributed by atoms with E-state index in [0.717, 1.165) is 42.5 Å². The van der Waals surface area contributed by atoms with Crippen LogP contribution in [-0.2, 0) is 30.3 Å². The Kier molecular flexibility index (Phi) is 13.2. The van der Waals surface area contributed by atoms with Crippen molar-refractivity contribution >= 4 is 27.5 Å². The zero-order valence-electron chi connectivity index (χ0n) is 31.2. The van der Waals surface area contributed by atoms with Crippen LogP contribution in [0, 0.1) is 31.7 Å². The van der Waals surface area contributed by atoms with Gasteiger partial charge in [-0.05, 0) is 86.5 Å². The Hall–Kier alpha value is -2.81. The summed E-state index contributed by atoms with van der Waals surface area (Å²) >= 11 is 0. The molecule has 1 radical (unpaired) electrons. The number of rotatable bonds is 5. The molecule has 0 saturated heterocycles. The predicted molar refractivity (Wildman–Crippen MR) is 206 cm³/mol. The van der Waals surface area contributed by atoms with Crippen LogP contribution in [0.15, 0.2) is 60.4 Å². The molecular formula is C46H58IrNO2-. The van der Waals surface area contributed by atoms with Gasteiger partial charge in [0.2, 0.25) is 0 Å². The molecular weight excluding hydrogens is 791 g/mol. The topological polar surface area (TPSA) is 50.2 Å². The number of fused-ring (bicyclic) bond motifs is 2. The van der Waals surface area contributed by atoms with Crippen LogP contribution in [0.2, 0.25) is 0 Å². The number of carbonyl (C=O) groups excluding carboxylic acids is 1. The number of hydrogen-bond acceptors (Lipinski definition) is 3. The third-order valence-corrected chi connectivity index (χ3v) is 11.5. The van der Waals surface area contributed by atoms with Crippen LogP contribution in [0.3, 0.4) is 0 Å². The number of allylic oxidation sites excluding steroid dienone is 2. The van der Waals surface area contributed by atoms with Crippen LogP contribution < -0.4 is 0 Å². The van der Waals surface area contributed by atoms with Crippen LogP contribution in [0.1, 0.15) is 145 Å². The number of aliphatic hydroxyl groups is 1. The van der Waals surface area contributed by atoms with Crippen molar-refractivity contribution in [2.24, 2.45) is 11.8 Å². The number of carbonyl (C=O) groups is 1. The van der Waals surface area contributed by atoms with E-state index in [1.165, 1.54) is 109 Å². The van der Waals surface area contributed by atoms with Gasteiger partial charge in [-0.3, -0.25) is 9.78 Å². The maximum absolute atomic E-state index is 12.0. The van der Waals surface area contributed by atoms with Gasteiger partial charge in [-0.25, -0.2) is 0 Å². The van der Waals surface area contributed by atoms with Gasteiger partial charge in [0.25, 0.3) is 0 Å². The van der Waals surface area contributed by atoms with Crippen molar-refractivity contribution in [3.8, 4) is 11.3 Å². The minimum Gasteiger partial charge on any atom is -0.512 e. The molecule has 4 heteroatoms. The third kappa shape index (κ3) is 9.15. The van der Waals surface area contributed by atoms with Gasteiger partial charge in [-0.1, -0.05) is 120 Å². The molecule has 0 amide bonds. The van der Waals surface area contributed by atoms with Gasteiger partial charge in [0.15, 0.2) is 5.78 Å². The number of aryl methyl sites for hydroxylation is 2. The minimum atomic E-state index is 0. The number of aromatic nitrogens is 1. The van der Waals surface area contributed by atoms with Gasteiger partial charge in [0.05, 0.1) is 11.3 Å². The van der Waals surface area contributed by atoms with Gasteiger partial charge in [-0.2, -0.15) is 0 Å². The maximum atomic E-state index is 12.0. The number of benzene rings is 3. The maximum Gasteiger partial charge on any atom is 0.162 e. The molecule has 3 aromatic carbocycles. The Balaban J connectivity index is 0.000000229. The molecule has 7 rings (SSSR count). The Morgan fingerprint density at radius 1 is 0.800 bits per heavy atom. The van der Waals surface area contributed by atoms with Gasteiger partial charge < -0.3 is 5.11 Å². The molecule has 0 unspecified atom stereocenters. The van der Waals surface area contributed by atoms with Gasteiger partial charge in [-0.15, -0.1) is 29.1 Å². The summed E-state index contributed by atoms with van der Waals surface area (Å²) < 4.78 is 0. The van der Waals surface area contributed by atoms with E-state index in [9.17, 15) is 9.90 Å². The summed E-state index contributed by atoms with van der Waals surface area (Å²) in [4.78, 5) is 17.2. The summed E-state index contributed by atoms with van der Waals surface area (Å²) in [6.07, 6.45) is 19.6. The second kappa shape index (κ2) is 17.1. The Morgan fingerprint density at radius 3 is 2.04 bits per heavy atom. The number of pyridine rings is 1. The van der Waals surface area contributed by atoms with E-state index in [4.69, 9.17) is 4.98 Å². The van der Waals surface area contributed by atoms with Gasteiger partial charge in [0.1, 0.15) is 0 Å². The molecule has 50 heavy (non-hydrogen) atoms. The van der Waals surface area contributed by atoms with Crippen molar-refractivity contribution in [1.29, 1.82) is 0 Å². The number of ketones is 1. The zero-order chi connectivity index (χ0) is 34.5. The second-order valence-electron chi connectivity index (χ2n) is 16.4. The molecule has 3 nitrogen and oxygen atoms in total. The van der Waals surface area contributed by atoms with Crippen molar-refractivity contribution < 1.29 is 30.0 Å². The monoisotopic (exact) mass is 849 g/mol. The number of hydrogen-bond donors (Lipinski definition) is 1. The fourth-order valence-electron chi connectivity index (χ4n) is 8.82. The van der Waals surface area contributed by atoms with Crippen LogP contribution in [0.25, 0.3) is 32.9 Å². The van der Waals surface area contributed by atoms with Gasteiger partial charge in [0, 0.05) is 49.1 Å². The molecule has 0 aliphatic heterocycles. The normalized spacial score (nSPS) is 18.4. The SMILES string of the molecule is Cc1cc(C)c2c(C3CCCCC3)cc(-c3[c-]c4ccccc4c(C(C)(C)C)c3)nc2c1.O=C(/C=C(\O)C1CCCCC1)C1CCCCC1.[Ir]. The summed E-state index contributed by atoms with van der Waals surface area (Å²) in [7, 11) is 0. The molecule has 3 aliphatic carbocycles. The average molecular weight is 849 g/mol. The fraction of sp³-hybridized carbons (Fsp3) is 0.522. The quantitative estimate of drug-likeness (QED) is 0.124. The number of nitrogens with zero attached hydrogens (tertiary/aromatic N) is 1. The summed E-state index contributed by atoms with van der Waals surface area (Å²) in [5.74, 6) is 1.62. The smallest absolute Gasteiger partial charge is 0.162 e. The standard InChI is InChI=1S/C31H34N.C15H24O2.Ir/c1-20-15-21(2)30-26(22-11-7-6-8-12-22)19-28(32-29(30)16-20)24-17-23-13-9-10-14-25(23)27(18-24)31(3,4)5;16-14(12-7-3-1-4-8-12)11-15(17)13-9-5-2-6-10-13;/h9-10,13-16,18-19,22H,6-8,11-12H2,1-5H3;11-13,16H,1-10H2;/q-1;;/b;14-11-;. The summed E-state index contributed by atoms with van der Waals surface area (Å²) in [5.41, 5.74) is 8.89. The van der Waals surface area contributed by atoms with E-state index in [-0.39, 0.29) is 43.1 Å². The molecule has 269 valence electrons. The van der Waals surface area contributed by atoms with Crippen molar-refractivity contribution in [3.63, 3.8) is 0 Å². The fourth-order valence-corrected chi connectivity index (χ4v) is 8.82. The first kappa shape index (κ1) is 38.4. The van der Waals surface area contributed by atoms with Crippen molar-refractivity contribution in [2.75, 3.05) is 0 Å². The molecule has 1 aromatic heterocycles. The summed E-state index contributed by atoms with van der Waals surface area (Å²) in [5, 5.41) is 13.9. The van der Waals surface area contributed by atoms with E-state index in [2.05, 4.69) is 89.2 Å². The summed E-state index contributed by atoms with van der Waals surface area (Å²) in [6.45, 7) is 11.3. The molecule has 3 aliphatic rings. The minimum absolute atomic E-state index is 0. The first-order valence-electron chi connectivity index (χ1n) is 19.4. The molecule has 3 saturated carbocycles. The largest absolute Gasteiger partial charge is 0.512 e. The van der Waals surface area contributed by atoms with E-state index in [0.29, 0.717) is 11.7 Å². The Labute approximate surface area is 315 Å². The molecule has 1 N–H and O–H groups in total. The van der Waals surface area contributed by atoms with Crippen molar-refractivity contribution in [1.82, 2.24) is 4.98 Å². The predicted octanol–water partition coefficient (Wildman–Crippen LogP) is 13.0. The molecule has 0 atom stereocenters. The first-order chi connectivity index (χ1) is 23.6. The molecule has 0 spiro atoms. The van der Waals surface area contributed by atoms with E-state index in [1.807, 2.05) is 0 Å². The zero-order valence-corrected chi connectivity index (χ0v) is 33.6. The molecule has 3 fully saturated rings. The molecule has 1 heterocycles. The summed E-state index contributed by atoms with van der Waals surface area (Å²) in [6, 6.07) is 21.7. The second-order valence-corrected chi connectivity index (χ2v) is 16.4. The van der Waals surface area contributed by atoms with Crippen LogP contribution in [0.4, 0.5) is 0 Å². The average Bonchev–Trinajstić information content (AvgIpc) is 3.11. The molecule has 4 aromatic rings. The Bertz CT molecular complexity index is 1800.